The Morgan fingerprint density at radius 2 is 1.72 bits per heavy atom. The van der Waals surface area contributed by atoms with E-state index in [2.05, 4.69) is 6.08 Å². The Kier molecular flexibility index (Phi) is 2.60. The molecule has 3 rings (SSSR count). The minimum absolute atomic E-state index is 0.138. The van der Waals surface area contributed by atoms with Crippen LogP contribution in [0.1, 0.15) is 33.0 Å². The second kappa shape index (κ2) is 4.26. The lowest BCUT2D eigenvalue weighted by atomic mass is 9.83. The van der Waals surface area contributed by atoms with Gasteiger partial charge in [0, 0.05) is 5.56 Å². The highest BCUT2D eigenvalue weighted by Crippen LogP contribution is 2.31. The van der Waals surface area contributed by atoms with Crippen molar-refractivity contribution in [2.24, 2.45) is 0 Å². The van der Waals surface area contributed by atoms with Crippen molar-refractivity contribution in [3.05, 3.63) is 76.9 Å². The molecule has 0 radical (unpaired) electrons. The second-order valence-corrected chi connectivity index (χ2v) is 4.65. The van der Waals surface area contributed by atoms with Gasteiger partial charge >= 0.3 is 0 Å². The number of rotatable bonds is 1. The lowest BCUT2D eigenvalue weighted by Crippen LogP contribution is -2.15. The Labute approximate surface area is 107 Å². The standard InChI is InChI=1S/C17H14O/c1-12-6-5-9-16-14(12)10-11-15(17(16)18)13-7-3-2-4-8-13/h2-11,15H,1H3. The highest BCUT2D eigenvalue weighted by atomic mass is 16.1. The van der Waals surface area contributed by atoms with Crippen LogP contribution in [0.15, 0.2) is 54.6 Å². The molecule has 0 aromatic heterocycles. The van der Waals surface area contributed by atoms with Gasteiger partial charge in [0.05, 0.1) is 5.92 Å². The summed E-state index contributed by atoms with van der Waals surface area (Å²) < 4.78 is 0. The van der Waals surface area contributed by atoms with Crippen LogP contribution in [0.2, 0.25) is 0 Å². The molecule has 1 nitrogen and oxygen atoms in total. The van der Waals surface area contributed by atoms with Crippen molar-refractivity contribution in [2.45, 2.75) is 12.8 Å². The van der Waals surface area contributed by atoms with E-state index in [9.17, 15) is 4.79 Å². The number of carbonyl (C=O) groups is 1. The van der Waals surface area contributed by atoms with Crippen LogP contribution in [0.5, 0.6) is 0 Å². The van der Waals surface area contributed by atoms with E-state index in [4.69, 9.17) is 0 Å². The first kappa shape index (κ1) is 11.0. The molecule has 0 N–H and O–H groups in total. The van der Waals surface area contributed by atoms with E-state index in [1.165, 1.54) is 0 Å². The molecule has 2 aromatic rings. The zero-order valence-electron chi connectivity index (χ0n) is 10.3. The number of Topliss-reactive ketones (excluding diaryl/α,β-unsaturated/α-hetero) is 1. The van der Waals surface area contributed by atoms with E-state index in [-0.39, 0.29) is 11.7 Å². The summed E-state index contributed by atoms with van der Waals surface area (Å²) in [5.41, 5.74) is 4.12. The van der Waals surface area contributed by atoms with E-state index in [1.54, 1.807) is 0 Å². The maximum Gasteiger partial charge on any atom is 0.174 e. The van der Waals surface area contributed by atoms with Gasteiger partial charge < -0.3 is 0 Å². The first-order valence-electron chi connectivity index (χ1n) is 6.14. The number of aryl methyl sites for hydroxylation is 1. The molecular formula is C17H14O. The number of fused-ring (bicyclic) bond motifs is 1. The average molecular weight is 234 g/mol. The van der Waals surface area contributed by atoms with Crippen LogP contribution in [0.3, 0.4) is 0 Å². The second-order valence-electron chi connectivity index (χ2n) is 4.65. The van der Waals surface area contributed by atoms with Crippen LogP contribution in [-0.2, 0) is 0 Å². The predicted molar refractivity (Wildman–Crippen MR) is 73.7 cm³/mol. The van der Waals surface area contributed by atoms with Crippen LogP contribution in [0, 0.1) is 6.92 Å². The van der Waals surface area contributed by atoms with Crippen molar-refractivity contribution in [1.29, 1.82) is 0 Å². The highest BCUT2D eigenvalue weighted by Gasteiger charge is 2.25. The van der Waals surface area contributed by atoms with Crippen molar-refractivity contribution < 1.29 is 4.79 Å². The molecule has 1 aliphatic carbocycles. The molecule has 1 aliphatic rings. The minimum atomic E-state index is -0.138. The number of hydrogen-bond donors (Lipinski definition) is 0. The summed E-state index contributed by atoms with van der Waals surface area (Å²) in [6, 6.07) is 15.8. The zero-order chi connectivity index (χ0) is 12.5. The Bertz CT molecular complexity index is 623. The summed E-state index contributed by atoms with van der Waals surface area (Å²) in [7, 11) is 0. The summed E-state index contributed by atoms with van der Waals surface area (Å²) in [6.07, 6.45) is 4.08. The number of benzene rings is 2. The van der Waals surface area contributed by atoms with Crippen LogP contribution < -0.4 is 0 Å². The monoisotopic (exact) mass is 234 g/mol. The third kappa shape index (κ3) is 1.68. The van der Waals surface area contributed by atoms with E-state index < -0.39 is 0 Å². The van der Waals surface area contributed by atoms with Crippen LogP contribution in [-0.4, -0.2) is 5.78 Å². The maximum atomic E-state index is 12.5. The number of allylic oxidation sites excluding steroid dienone is 1. The molecule has 0 amide bonds. The predicted octanol–water partition coefficient (Wildman–Crippen LogP) is 3.99. The Balaban J connectivity index is 2.09. The van der Waals surface area contributed by atoms with Gasteiger partial charge in [0.25, 0.3) is 0 Å². The first-order valence-corrected chi connectivity index (χ1v) is 6.14. The lowest BCUT2D eigenvalue weighted by molar-refractivity contribution is 0.0975. The van der Waals surface area contributed by atoms with Crippen molar-refractivity contribution in [1.82, 2.24) is 0 Å². The number of ketones is 1. The maximum absolute atomic E-state index is 12.5. The van der Waals surface area contributed by atoms with Gasteiger partial charge in [-0.3, -0.25) is 4.79 Å². The third-order valence-electron chi connectivity index (χ3n) is 3.49. The van der Waals surface area contributed by atoms with Crippen LogP contribution >= 0.6 is 0 Å². The van der Waals surface area contributed by atoms with Crippen molar-refractivity contribution in [3.8, 4) is 0 Å². The summed E-state index contributed by atoms with van der Waals surface area (Å²) in [4.78, 5) is 12.5. The molecule has 0 saturated heterocycles. The molecule has 1 unspecified atom stereocenters. The molecule has 0 aliphatic heterocycles. The third-order valence-corrected chi connectivity index (χ3v) is 3.49. The smallest absolute Gasteiger partial charge is 0.174 e. The van der Waals surface area contributed by atoms with Gasteiger partial charge in [-0.1, -0.05) is 60.7 Å². The van der Waals surface area contributed by atoms with Gasteiger partial charge in [0.1, 0.15) is 0 Å². The topological polar surface area (TPSA) is 17.1 Å². The molecule has 88 valence electrons. The van der Waals surface area contributed by atoms with Gasteiger partial charge in [-0.2, -0.15) is 0 Å². The largest absolute Gasteiger partial charge is 0.293 e. The van der Waals surface area contributed by atoms with Gasteiger partial charge in [-0.05, 0) is 23.6 Å². The molecule has 1 heteroatoms. The van der Waals surface area contributed by atoms with Crippen LogP contribution in [0.25, 0.3) is 6.08 Å². The number of hydrogen-bond acceptors (Lipinski definition) is 1. The molecule has 2 aromatic carbocycles. The Morgan fingerprint density at radius 1 is 0.944 bits per heavy atom. The molecule has 0 saturated carbocycles. The molecule has 0 spiro atoms. The fourth-order valence-electron chi connectivity index (χ4n) is 2.49. The normalized spacial score (nSPS) is 17.6. The van der Waals surface area contributed by atoms with Gasteiger partial charge in [-0.25, -0.2) is 0 Å². The fourth-order valence-corrected chi connectivity index (χ4v) is 2.49. The molecule has 0 fully saturated rings. The van der Waals surface area contributed by atoms with E-state index >= 15 is 0 Å². The summed E-state index contributed by atoms with van der Waals surface area (Å²) in [5.74, 6) is 0.0582. The van der Waals surface area contributed by atoms with E-state index in [1.807, 2.05) is 61.5 Å². The lowest BCUT2D eigenvalue weighted by Gasteiger charge is -2.19. The Hall–Kier alpha value is -2.15. The first-order chi connectivity index (χ1) is 8.77. The van der Waals surface area contributed by atoms with Gasteiger partial charge in [-0.15, -0.1) is 0 Å². The molecule has 0 bridgehead atoms. The fraction of sp³-hybridized carbons (Fsp3) is 0.118. The van der Waals surface area contributed by atoms with Crippen molar-refractivity contribution in [3.63, 3.8) is 0 Å². The minimum Gasteiger partial charge on any atom is -0.293 e. The SMILES string of the molecule is Cc1cccc2c1C=CC(c1ccccc1)C2=O. The summed E-state index contributed by atoms with van der Waals surface area (Å²) in [5, 5.41) is 0. The summed E-state index contributed by atoms with van der Waals surface area (Å²) >= 11 is 0. The average Bonchev–Trinajstić information content (AvgIpc) is 2.41. The van der Waals surface area contributed by atoms with E-state index in [0.29, 0.717) is 0 Å². The van der Waals surface area contributed by atoms with Crippen molar-refractivity contribution >= 4 is 11.9 Å². The molecular weight excluding hydrogens is 220 g/mol. The van der Waals surface area contributed by atoms with Gasteiger partial charge in [0.2, 0.25) is 0 Å². The highest BCUT2D eigenvalue weighted by molar-refractivity contribution is 6.07. The molecule has 0 heterocycles. The zero-order valence-corrected chi connectivity index (χ0v) is 10.3. The number of carbonyl (C=O) groups excluding carboxylic acids is 1. The van der Waals surface area contributed by atoms with Gasteiger partial charge in [0.15, 0.2) is 5.78 Å². The Morgan fingerprint density at radius 3 is 2.50 bits per heavy atom. The molecule has 18 heavy (non-hydrogen) atoms. The molecule has 1 atom stereocenters. The van der Waals surface area contributed by atoms with Crippen molar-refractivity contribution in [2.75, 3.05) is 0 Å². The van der Waals surface area contributed by atoms with E-state index in [0.717, 1.165) is 22.3 Å². The quantitative estimate of drug-likeness (QED) is 0.729. The summed E-state index contributed by atoms with van der Waals surface area (Å²) in [6.45, 7) is 2.04. The van der Waals surface area contributed by atoms with Crippen LogP contribution in [0.4, 0.5) is 0 Å².